The summed E-state index contributed by atoms with van der Waals surface area (Å²) in [6, 6.07) is 10.8. The zero-order valence-electron chi connectivity index (χ0n) is 23.3. The highest BCUT2D eigenvalue weighted by molar-refractivity contribution is 6.35. The van der Waals surface area contributed by atoms with Crippen LogP contribution in [0.5, 0.6) is 0 Å². The molecule has 1 saturated heterocycles. The molecule has 2 aromatic heterocycles. The number of hydrogen-bond acceptors (Lipinski definition) is 4. The van der Waals surface area contributed by atoms with Gasteiger partial charge < -0.3 is 20.6 Å². The second-order valence-electron chi connectivity index (χ2n) is 10.5. The molecule has 208 valence electrons. The molecule has 0 atom stereocenters. The van der Waals surface area contributed by atoms with Crippen molar-refractivity contribution in [2.45, 2.75) is 52.9 Å². The molecule has 4 aromatic rings. The number of aromatic nitrogens is 2. The van der Waals surface area contributed by atoms with Crippen LogP contribution in [0.1, 0.15) is 62.3 Å². The smallest absolute Gasteiger partial charge is 0.165 e. The molecule has 0 aliphatic carbocycles. The van der Waals surface area contributed by atoms with Gasteiger partial charge >= 0.3 is 0 Å². The minimum absolute atomic E-state index is 0.153. The van der Waals surface area contributed by atoms with Crippen molar-refractivity contribution >= 4 is 45.4 Å². The molecule has 0 radical (unpaired) electrons. The first-order chi connectivity index (χ1) is 19.2. The summed E-state index contributed by atoms with van der Waals surface area (Å²) in [7, 11) is 0. The van der Waals surface area contributed by atoms with E-state index in [-0.39, 0.29) is 23.3 Å². The van der Waals surface area contributed by atoms with Crippen molar-refractivity contribution in [3.05, 3.63) is 93.3 Å². The van der Waals surface area contributed by atoms with Gasteiger partial charge in [0, 0.05) is 59.8 Å². The lowest BCUT2D eigenvalue weighted by Crippen LogP contribution is -2.38. The van der Waals surface area contributed by atoms with Crippen LogP contribution >= 0.6 is 11.6 Å². The van der Waals surface area contributed by atoms with Crippen LogP contribution in [0, 0.1) is 17.0 Å². The van der Waals surface area contributed by atoms with Crippen LogP contribution in [0.2, 0.25) is 5.02 Å². The Morgan fingerprint density at radius 1 is 1.12 bits per heavy atom. The van der Waals surface area contributed by atoms with E-state index in [2.05, 4.69) is 41.3 Å². The Balaban J connectivity index is 1.72. The van der Waals surface area contributed by atoms with E-state index in [4.69, 9.17) is 17.0 Å². The van der Waals surface area contributed by atoms with Crippen LogP contribution < -0.4 is 10.2 Å². The zero-order valence-corrected chi connectivity index (χ0v) is 24.0. The number of aromatic amines is 1. The highest BCUT2D eigenvalue weighted by Crippen LogP contribution is 2.38. The normalized spacial score (nSPS) is 15.3. The quantitative estimate of drug-likeness (QED) is 0.212. The average molecular weight is 562 g/mol. The van der Waals surface area contributed by atoms with Gasteiger partial charge in [-0.3, -0.25) is 0 Å². The number of fused-ring (bicyclic) bond motifs is 1. The Morgan fingerprint density at radius 3 is 2.50 bits per heavy atom. The molecule has 0 spiro atoms. The number of nitrogens with one attached hydrogen (secondary N) is 3. The van der Waals surface area contributed by atoms with E-state index in [1.54, 1.807) is 18.5 Å². The Labute approximate surface area is 238 Å². The highest BCUT2D eigenvalue weighted by Gasteiger charge is 2.29. The molecule has 3 N–H and O–H groups in total. The maximum Gasteiger partial charge on any atom is 0.165 e. The van der Waals surface area contributed by atoms with Crippen LogP contribution in [0.15, 0.2) is 54.4 Å². The minimum atomic E-state index is -0.491. The predicted octanol–water partition coefficient (Wildman–Crippen LogP) is 8.50. The topological polar surface area (TPSA) is 67.8 Å². The Morgan fingerprint density at radius 2 is 1.85 bits per heavy atom. The third kappa shape index (κ3) is 5.10. The summed E-state index contributed by atoms with van der Waals surface area (Å²) in [6.07, 6.45) is 5.37. The molecule has 3 heterocycles. The largest absolute Gasteiger partial charge is 0.360 e. The fraction of sp³-hybridized carbons (Fsp3) is 0.312. The molecule has 0 amide bonds. The van der Waals surface area contributed by atoms with E-state index in [0.29, 0.717) is 46.4 Å². The number of aryl methyl sites for hydroxylation is 2. The van der Waals surface area contributed by atoms with Crippen molar-refractivity contribution in [3.8, 4) is 0 Å². The third-order valence-corrected chi connectivity index (χ3v) is 8.00. The van der Waals surface area contributed by atoms with E-state index < -0.39 is 11.6 Å². The van der Waals surface area contributed by atoms with Gasteiger partial charge in [0.05, 0.1) is 16.2 Å². The number of nitrogens with zero attached hydrogens (tertiary/aromatic N) is 2. The molecule has 0 saturated carbocycles. The predicted molar refractivity (Wildman–Crippen MR) is 162 cm³/mol. The molecule has 2 aromatic carbocycles. The van der Waals surface area contributed by atoms with Crippen LogP contribution in [-0.2, 0) is 12.8 Å². The number of piperidine rings is 1. The summed E-state index contributed by atoms with van der Waals surface area (Å²) in [6.45, 7) is 8.81. The van der Waals surface area contributed by atoms with Gasteiger partial charge in [-0.1, -0.05) is 57.5 Å². The lowest BCUT2D eigenvalue weighted by Gasteiger charge is -2.33. The fourth-order valence-corrected chi connectivity index (χ4v) is 5.65. The molecule has 8 heteroatoms. The number of benzene rings is 2. The molecule has 1 fully saturated rings. The first-order valence-corrected chi connectivity index (χ1v) is 14.2. The van der Waals surface area contributed by atoms with Crippen LogP contribution in [0.25, 0.3) is 16.6 Å². The monoisotopic (exact) mass is 561 g/mol. The molecule has 5 rings (SSSR count). The summed E-state index contributed by atoms with van der Waals surface area (Å²) in [4.78, 5) is 9.42. The number of para-hydroxylation sites is 1. The Kier molecular flexibility index (Phi) is 7.95. The number of H-pyrrole nitrogens is 1. The Hall–Kier alpha value is -3.71. The maximum absolute atomic E-state index is 15.9. The van der Waals surface area contributed by atoms with Gasteiger partial charge in [-0.2, -0.15) is 0 Å². The number of rotatable bonds is 7. The number of halogens is 3. The summed E-state index contributed by atoms with van der Waals surface area (Å²) in [5.74, 6) is -0.501. The molecule has 0 unspecified atom stereocenters. The van der Waals surface area contributed by atoms with Crippen molar-refractivity contribution in [2.24, 2.45) is 0 Å². The van der Waals surface area contributed by atoms with E-state index in [9.17, 15) is 0 Å². The van der Waals surface area contributed by atoms with Crippen molar-refractivity contribution in [1.29, 1.82) is 5.41 Å². The van der Waals surface area contributed by atoms with Crippen molar-refractivity contribution in [1.82, 2.24) is 9.97 Å². The van der Waals surface area contributed by atoms with Crippen molar-refractivity contribution < 1.29 is 8.78 Å². The number of pyridine rings is 1. The number of anilines is 2. The second-order valence-corrected chi connectivity index (χ2v) is 10.9. The molecule has 0 bridgehead atoms. The van der Waals surface area contributed by atoms with Gasteiger partial charge in [-0.15, -0.1) is 0 Å². The molecular weight excluding hydrogens is 528 g/mol. The minimum Gasteiger partial charge on any atom is -0.360 e. The molecule has 1 aliphatic rings. The van der Waals surface area contributed by atoms with Gasteiger partial charge in [0.1, 0.15) is 5.82 Å². The van der Waals surface area contributed by atoms with Gasteiger partial charge in [0.2, 0.25) is 0 Å². The van der Waals surface area contributed by atoms with Gasteiger partial charge in [-0.05, 0) is 53.6 Å². The third-order valence-electron chi connectivity index (χ3n) is 7.70. The molecular formula is C32H34ClF2N5. The summed E-state index contributed by atoms with van der Waals surface area (Å²) >= 11 is 6.40. The van der Waals surface area contributed by atoms with Gasteiger partial charge in [-0.25, -0.2) is 13.8 Å². The van der Waals surface area contributed by atoms with Crippen LogP contribution in [0.3, 0.4) is 0 Å². The van der Waals surface area contributed by atoms with E-state index in [1.165, 1.54) is 12.1 Å². The van der Waals surface area contributed by atoms with E-state index in [0.717, 1.165) is 35.2 Å². The summed E-state index contributed by atoms with van der Waals surface area (Å²) < 4.78 is 31.2. The zero-order chi connectivity index (χ0) is 28.6. The van der Waals surface area contributed by atoms with Crippen molar-refractivity contribution in [2.75, 3.05) is 23.3 Å². The van der Waals surface area contributed by atoms with Gasteiger partial charge in [0.25, 0.3) is 0 Å². The van der Waals surface area contributed by atoms with Gasteiger partial charge in [0.15, 0.2) is 11.6 Å². The highest BCUT2D eigenvalue weighted by atomic mass is 35.5. The summed E-state index contributed by atoms with van der Waals surface area (Å²) in [5, 5.41) is 13.5. The second kappa shape index (κ2) is 11.4. The number of hydrogen-bond donors (Lipinski definition) is 3. The summed E-state index contributed by atoms with van der Waals surface area (Å²) in [5.41, 5.74) is 6.33. The van der Waals surface area contributed by atoms with Crippen molar-refractivity contribution in [3.63, 3.8) is 0 Å². The Bertz CT molecular complexity index is 1600. The fourth-order valence-electron chi connectivity index (χ4n) is 5.40. The first kappa shape index (κ1) is 27.8. The molecule has 40 heavy (non-hydrogen) atoms. The van der Waals surface area contributed by atoms with Crippen LogP contribution in [0.4, 0.5) is 20.3 Å². The first-order valence-electron chi connectivity index (χ1n) is 13.8. The SMILES string of the molecule is CCc1cccc(CC)c1N/C(=C1/CN(c2ncc(C(C)C)cc2F)CCC1=N)c1c(F)cc(Cl)c2[nH]ccc12. The maximum atomic E-state index is 15.9. The molecule has 5 nitrogen and oxygen atoms in total. The van der Waals surface area contributed by atoms with Crippen LogP contribution in [-0.4, -0.2) is 28.8 Å². The van der Waals surface area contributed by atoms with E-state index >= 15 is 8.78 Å². The molecule has 1 aliphatic heterocycles. The lowest BCUT2D eigenvalue weighted by molar-refractivity contribution is 0.605. The standard InChI is InChI=1S/C32H34ClF2N5/c1-5-19-8-7-9-20(6-2)29(19)39-31(28-22-10-12-37-30(22)24(33)15-25(28)34)23-17-40(13-11-27(23)36)32-26(35)14-21(16-38-32)18(3)4/h7-10,12,14-16,18,36-37,39H,5-6,11,13,17H2,1-4H3/b31-23-,36-27?. The van der Waals surface area contributed by atoms with E-state index in [1.807, 2.05) is 24.8 Å². The lowest BCUT2D eigenvalue weighted by atomic mass is 9.93. The average Bonchev–Trinajstić information content (AvgIpc) is 3.43.